The van der Waals surface area contributed by atoms with Crippen LogP contribution in [0.2, 0.25) is 0 Å². The predicted molar refractivity (Wildman–Crippen MR) is 60.6 cm³/mol. The van der Waals surface area contributed by atoms with E-state index in [1.54, 1.807) is 0 Å². The number of hydrogen-bond donors (Lipinski definition) is 1. The molecule has 0 saturated carbocycles. The zero-order valence-electron chi connectivity index (χ0n) is 19.4. The molecule has 2 rings (SSSR count). The molecule has 0 spiro atoms. The van der Waals surface area contributed by atoms with Gasteiger partial charge in [0.15, 0.2) is 0 Å². The van der Waals surface area contributed by atoms with E-state index in [9.17, 15) is 0 Å². The summed E-state index contributed by atoms with van der Waals surface area (Å²) in [5.74, 6) is 0. The second kappa shape index (κ2) is 3.84. The standard InChI is InChI=1S/C12H16N2/c1-14(2)8-7-10-9-13-12-6-4-3-5-11(10)12/h3-6,9,13H,7-8H2,1-2H3/i1D3,3D,4D,5D,6D,7D2,8D2,9D. The van der Waals surface area contributed by atoms with Gasteiger partial charge in [0.1, 0.15) is 0 Å². The largest absolute Gasteiger partial charge is 0.361 e. The lowest BCUT2D eigenvalue weighted by Gasteiger charge is -2.07. The summed E-state index contributed by atoms with van der Waals surface area (Å²) in [4.78, 5) is 2.56. The number of nitrogens with zero attached hydrogens (tertiary/aromatic N) is 1. The second-order valence-electron chi connectivity index (χ2n) is 2.67. The van der Waals surface area contributed by atoms with Crippen molar-refractivity contribution in [3.05, 3.63) is 35.9 Å². The van der Waals surface area contributed by atoms with Crippen molar-refractivity contribution in [1.29, 1.82) is 0 Å². The molecule has 1 heterocycles. The minimum Gasteiger partial charge on any atom is -0.361 e. The highest BCUT2D eigenvalue weighted by Gasteiger charge is 2.02. The van der Waals surface area contributed by atoms with Crippen molar-refractivity contribution in [1.82, 2.24) is 9.88 Å². The summed E-state index contributed by atoms with van der Waals surface area (Å²) in [5, 5.41) is -0.381. The molecule has 0 saturated heterocycles. The fourth-order valence-electron chi connectivity index (χ4n) is 1.01. The van der Waals surface area contributed by atoms with Crippen LogP contribution in [-0.4, -0.2) is 30.4 Å². The lowest BCUT2D eigenvalue weighted by atomic mass is 10.1. The highest BCUT2D eigenvalue weighted by atomic mass is 15.0. The Morgan fingerprint density at radius 1 is 1.57 bits per heavy atom. The van der Waals surface area contributed by atoms with Crippen LogP contribution in [-0.2, 0) is 6.37 Å². The van der Waals surface area contributed by atoms with Crippen molar-refractivity contribution < 1.29 is 16.4 Å². The molecular weight excluding hydrogens is 172 g/mol. The lowest BCUT2D eigenvalue weighted by Crippen LogP contribution is -2.14. The molecule has 0 atom stereocenters. The highest BCUT2D eigenvalue weighted by Crippen LogP contribution is 2.17. The molecule has 1 N–H and O–H groups in total. The van der Waals surface area contributed by atoms with Crippen LogP contribution in [0.4, 0.5) is 0 Å². The van der Waals surface area contributed by atoms with Gasteiger partial charge < -0.3 is 9.88 Å². The Bertz CT molecular complexity index is 866. The Morgan fingerprint density at radius 2 is 2.43 bits per heavy atom. The summed E-state index contributed by atoms with van der Waals surface area (Å²) in [6.45, 7) is -6.08. The summed E-state index contributed by atoms with van der Waals surface area (Å²) < 4.78 is 93.7. The highest BCUT2D eigenvalue weighted by molar-refractivity contribution is 5.83. The minimum atomic E-state index is -3.11. The van der Waals surface area contributed by atoms with Crippen LogP contribution in [0.5, 0.6) is 0 Å². The second-order valence-corrected chi connectivity index (χ2v) is 2.67. The van der Waals surface area contributed by atoms with Gasteiger partial charge in [-0.25, -0.2) is 0 Å². The van der Waals surface area contributed by atoms with E-state index >= 15 is 0 Å². The van der Waals surface area contributed by atoms with E-state index in [0.717, 1.165) is 7.05 Å². The van der Waals surface area contributed by atoms with E-state index < -0.39 is 55.8 Å². The molecule has 2 nitrogen and oxygen atoms in total. The van der Waals surface area contributed by atoms with Gasteiger partial charge in [-0.3, -0.25) is 0 Å². The first-order valence-electron chi connectivity index (χ1n) is 9.89. The molecule has 1 aromatic carbocycles. The summed E-state index contributed by atoms with van der Waals surface area (Å²) in [6, 6.07) is -2.41. The molecule has 1 aromatic heterocycles. The Hall–Kier alpha value is -1.28. The van der Waals surface area contributed by atoms with E-state index in [2.05, 4.69) is 4.98 Å². The van der Waals surface area contributed by atoms with Gasteiger partial charge in [-0.1, -0.05) is 18.1 Å². The normalized spacial score (nSPS) is 26.7. The van der Waals surface area contributed by atoms with Crippen molar-refractivity contribution in [2.24, 2.45) is 0 Å². The molecule has 0 bridgehead atoms. The molecule has 2 heteroatoms. The van der Waals surface area contributed by atoms with Gasteiger partial charge in [-0.05, 0) is 32.0 Å². The number of benzene rings is 1. The zero-order chi connectivity index (χ0) is 20.4. The topological polar surface area (TPSA) is 19.0 Å². The van der Waals surface area contributed by atoms with Crippen LogP contribution in [0.15, 0.2) is 30.3 Å². The third kappa shape index (κ3) is 1.80. The number of hydrogen-bond acceptors (Lipinski definition) is 1. The Balaban J connectivity index is 2.87. The molecule has 14 heavy (non-hydrogen) atoms. The van der Waals surface area contributed by atoms with Gasteiger partial charge in [0.2, 0.25) is 0 Å². The summed E-state index contributed by atoms with van der Waals surface area (Å²) in [6.07, 6.45) is -3.73. The van der Waals surface area contributed by atoms with Crippen LogP contribution in [0, 0.1) is 0 Å². The molecule has 0 radical (unpaired) electrons. The maximum atomic E-state index is 8.22. The van der Waals surface area contributed by atoms with Crippen molar-refractivity contribution in [2.45, 2.75) is 6.37 Å². The molecule has 2 aromatic rings. The van der Waals surface area contributed by atoms with Crippen molar-refractivity contribution in [2.75, 3.05) is 20.5 Å². The summed E-state index contributed by atoms with van der Waals surface area (Å²) in [7, 11) is 0.874. The van der Waals surface area contributed by atoms with Crippen molar-refractivity contribution in [3.63, 3.8) is 0 Å². The van der Waals surface area contributed by atoms with Gasteiger partial charge >= 0.3 is 0 Å². The van der Waals surface area contributed by atoms with Gasteiger partial charge in [0.25, 0.3) is 0 Å². The fourth-order valence-corrected chi connectivity index (χ4v) is 1.01. The number of aromatic nitrogens is 1. The Kier molecular flexibility index (Phi) is 0.725. The SMILES string of the molecule is [2H]c1[nH]c2c([2H])c([2H])c([2H])c([2H])c2c1C([2H])([2H])C([2H])([2H])N(C)C([2H])([2H])[2H]. The van der Waals surface area contributed by atoms with Gasteiger partial charge in [-0.2, -0.15) is 0 Å². The molecule has 0 amide bonds. The summed E-state index contributed by atoms with van der Waals surface area (Å²) in [5.41, 5.74) is -0.909. The number of H-pyrrole nitrogens is 1. The number of rotatable bonds is 3. The first kappa shape index (κ1) is 2.64. The average Bonchev–Trinajstić information content (AvgIpc) is 2.87. The van der Waals surface area contributed by atoms with Gasteiger partial charge in [-0.15, -0.1) is 0 Å². The number of para-hydroxylation sites is 1. The van der Waals surface area contributed by atoms with Crippen LogP contribution in [0.25, 0.3) is 10.9 Å². The third-order valence-corrected chi connectivity index (χ3v) is 1.60. The van der Waals surface area contributed by atoms with Gasteiger partial charge in [0.05, 0.1) is 6.85 Å². The number of aryl methyl sites for hydroxylation is 1. The quantitative estimate of drug-likeness (QED) is 0.805. The third-order valence-electron chi connectivity index (χ3n) is 1.60. The lowest BCUT2D eigenvalue weighted by molar-refractivity contribution is 0.414. The monoisotopic (exact) mass is 200 g/mol. The van der Waals surface area contributed by atoms with E-state index in [1.165, 1.54) is 0 Å². The van der Waals surface area contributed by atoms with Crippen LogP contribution in [0.1, 0.15) is 22.0 Å². The molecule has 0 unspecified atom stereocenters. The molecule has 0 fully saturated rings. The number of fused-ring (bicyclic) bond motifs is 1. The molecule has 0 aliphatic heterocycles. The maximum absolute atomic E-state index is 8.22. The van der Waals surface area contributed by atoms with Crippen molar-refractivity contribution >= 4 is 10.9 Å². The summed E-state index contributed by atoms with van der Waals surface area (Å²) >= 11 is 0. The molecule has 74 valence electrons. The maximum Gasteiger partial charge on any atom is 0.0819 e. The predicted octanol–water partition coefficient (Wildman–Crippen LogP) is 2.27. The fraction of sp³-hybridized carbons (Fsp3) is 0.333. The first-order valence-corrected chi connectivity index (χ1v) is 3.89. The van der Waals surface area contributed by atoms with Gasteiger partial charge in [0, 0.05) is 33.2 Å². The van der Waals surface area contributed by atoms with E-state index in [-0.39, 0.29) is 15.8 Å². The molecular formula is C12H16N2. The van der Waals surface area contributed by atoms with E-state index in [0.29, 0.717) is 0 Å². The zero-order valence-corrected chi connectivity index (χ0v) is 7.45. The van der Waals surface area contributed by atoms with Crippen LogP contribution in [0.3, 0.4) is 0 Å². The van der Waals surface area contributed by atoms with E-state index in [1.807, 2.05) is 0 Å². The molecule has 0 aliphatic carbocycles. The van der Waals surface area contributed by atoms with Crippen molar-refractivity contribution in [3.8, 4) is 0 Å². The number of aromatic amines is 1. The minimum absolute atomic E-state index is 0.212. The average molecular weight is 200 g/mol. The first-order chi connectivity index (χ1) is 11.6. The number of likely N-dealkylation sites (N-methyl/N-ethyl adjacent to an activating group) is 1. The smallest absolute Gasteiger partial charge is 0.0819 e. The van der Waals surface area contributed by atoms with E-state index in [4.69, 9.17) is 16.4 Å². The Labute approximate surface area is 101 Å². The Morgan fingerprint density at radius 3 is 3.29 bits per heavy atom. The number of nitrogens with one attached hydrogen (secondary N) is 1. The molecule has 0 aliphatic rings. The van der Waals surface area contributed by atoms with Crippen LogP contribution >= 0.6 is 0 Å². The van der Waals surface area contributed by atoms with Crippen LogP contribution < -0.4 is 0 Å².